The van der Waals surface area contributed by atoms with E-state index in [0.29, 0.717) is 24.7 Å². The molecule has 1 aromatic carbocycles. The second-order valence-corrected chi connectivity index (χ2v) is 6.18. The van der Waals surface area contributed by atoms with Gasteiger partial charge in [-0.05, 0) is 59.7 Å². The van der Waals surface area contributed by atoms with Gasteiger partial charge < -0.3 is 19.4 Å². The van der Waals surface area contributed by atoms with Gasteiger partial charge in [-0.3, -0.25) is 4.98 Å². The van der Waals surface area contributed by atoms with Gasteiger partial charge in [0.05, 0.1) is 19.9 Å². The maximum Gasteiger partial charge on any atom is 0.169 e. The van der Waals surface area contributed by atoms with Crippen molar-refractivity contribution in [3.63, 3.8) is 0 Å². The molecule has 6 heteroatoms. The number of nitrogens with zero attached hydrogens (tertiary/aromatic N) is 2. The van der Waals surface area contributed by atoms with E-state index >= 15 is 0 Å². The first-order valence-electron chi connectivity index (χ1n) is 8.31. The van der Waals surface area contributed by atoms with Gasteiger partial charge >= 0.3 is 0 Å². The van der Waals surface area contributed by atoms with Gasteiger partial charge in [-0.15, -0.1) is 0 Å². The van der Waals surface area contributed by atoms with Crippen LogP contribution in [-0.4, -0.2) is 22.1 Å². The minimum Gasteiger partial charge on any atom is -0.497 e. The number of rotatable bonds is 7. The summed E-state index contributed by atoms with van der Waals surface area (Å²) in [5.74, 6) is 1.69. The van der Waals surface area contributed by atoms with Gasteiger partial charge in [0.25, 0.3) is 0 Å². The van der Waals surface area contributed by atoms with Gasteiger partial charge in [0, 0.05) is 25.5 Å². The van der Waals surface area contributed by atoms with E-state index in [0.717, 1.165) is 22.6 Å². The number of aromatic nitrogens is 1. The molecule has 3 rings (SSSR count). The van der Waals surface area contributed by atoms with Crippen LogP contribution >= 0.6 is 12.2 Å². The van der Waals surface area contributed by atoms with Crippen molar-refractivity contribution < 1.29 is 9.15 Å². The Balaban J connectivity index is 1.70. The maximum absolute atomic E-state index is 5.63. The van der Waals surface area contributed by atoms with E-state index in [2.05, 4.69) is 15.2 Å². The molecule has 0 saturated heterocycles. The molecule has 0 bridgehead atoms. The van der Waals surface area contributed by atoms with Crippen LogP contribution in [0.3, 0.4) is 0 Å². The van der Waals surface area contributed by atoms with E-state index in [1.807, 2.05) is 48.5 Å². The Bertz CT molecular complexity index is 805. The largest absolute Gasteiger partial charge is 0.497 e. The van der Waals surface area contributed by atoms with Gasteiger partial charge in [0.1, 0.15) is 11.5 Å². The van der Waals surface area contributed by atoms with Gasteiger partial charge in [-0.1, -0.05) is 12.1 Å². The number of benzene rings is 1. The van der Waals surface area contributed by atoms with E-state index < -0.39 is 0 Å². The second-order valence-electron chi connectivity index (χ2n) is 5.80. The molecule has 0 saturated carbocycles. The van der Waals surface area contributed by atoms with E-state index in [1.165, 1.54) is 0 Å². The van der Waals surface area contributed by atoms with Crippen molar-refractivity contribution in [3.8, 4) is 5.75 Å². The summed E-state index contributed by atoms with van der Waals surface area (Å²) in [5.41, 5.74) is 2.30. The average molecular weight is 367 g/mol. The Morgan fingerprint density at radius 1 is 1.08 bits per heavy atom. The number of hydrogen-bond acceptors (Lipinski definition) is 4. The van der Waals surface area contributed by atoms with Crippen molar-refractivity contribution in [2.24, 2.45) is 0 Å². The zero-order chi connectivity index (χ0) is 18.2. The van der Waals surface area contributed by atoms with Crippen LogP contribution in [0.25, 0.3) is 0 Å². The van der Waals surface area contributed by atoms with Crippen LogP contribution < -0.4 is 10.1 Å². The quantitative estimate of drug-likeness (QED) is 0.642. The summed E-state index contributed by atoms with van der Waals surface area (Å²) in [4.78, 5) is 6.20. The third-order valence-corrected chi connectivity index (χ3v) is 4.34. The summed E-state index contributed by atoms with van der Waals surface area (Å²) in [6, 6.07) is 15.8. The fourth-order valence-corrected chi connectivity index (χ4v) is 2.75. The van der Waals surface area contributed by atoms with Crippen molar-refractivity contribution in [1.29, 1.82) is 0 Å². The number of hydrogen-bond donors (Lipinski definition) is 1. The van der Waals surface area contributed by atoms with Gasteiger partial charge in [0.2, 0.25) is 0 Å². The smallest absolute Gasteiger partial charge is 0.169 e. The highest BCUT2D eigenvalue weighted by atomic mass is 32.1. The lowest BCUT2D eigenvalue weighted by atomic mass is 10.2. The topological polar surface area (TPSA) is 50.5 Å². The van der Waals surface area contributed by atoms with Crippen molar-refractivity contribution in [2.45, 2.75) is 19.6 Å². The van der Waals surface area contributed by atoms with Crippen molar-refractivity contribution >= 4 is 17.3 Å². The third-order valence-electron chi connectivity index (χ3n) is 3.94. The van der Waals surface area contributed by atoms with Crippen LogP contribution in [0.4, 0.5) is 0 Å². The molecule has 5 nitrogen and oxygen atoms in total. The lowest BCUT2D eigenvalue weighted by molar-refractivity contribution is 0.393. The van der Waals surface area contributed by atoms with E-state index in [4.69, 9.17) is 21.4 Å². The monoisotopic (exact) mass is 367 g/mol. The number of pyridine rings is 1. The first-order chi connectivity index (χ1) is 12.7. The molecule has 0 unspecified atom stereocenters. The third kappa shape index (κ3) is 5.07. The molecule has 0 amide bonds. The van der Waals surface area contributed by atoms with Crippen molar-refractivity contribution in [2.75, 3.05) is 7.11 Å². The first-order valence-corrected chi connectivity index (χ1v) is 8.72. The predicted molar refractivity (Wildman–Crippen MR) is 105 cm³/mol. The second kappa shape index (κ2) is 9.01. The van der Waals surface area contributed by atoms with Crippen LogP contribution in [-0.2, 0) is 19.6 Å². The number of thiocarbonyl (C=S) groups is 1. The molecule has 134 valence electrons. The number of furan rings is 1. The molecular weight excluding hydrogens is 346 g/mol. The molecule has 0 radical (unpaired) electrons. The van der Waals surface area contributed by atoms with Gasteiger partial charge in [-0.25, -0.2) is 0 Å². The summed E-state index contributed by atoms with van der Waals surface area (Å²) < 4.78 is 10.6. The fourth-order valence-electron chi connectivity index (χ4n) is 2.55. The van der Waals surface area contributed by atoms with Crippen LogP contribution in [0.2, 0.25) is 0 Å². The molecule has 0 fully saturated rings. The molecule has 2 heterocycles. The fraction of sp³-hybridized carbons (Fsp3) is 0.200. The summed E-state index contributed by atoms with van der Waals surface area (Å²) >= 11 is 5.63. The van der Waals surface area contributed by atoms with Crippen LogP contribution in [0, 0.1) is 0 Å². The van der Waals surface area contributed by atoms with Gasteiger partial charge in [-0.2, -0.15) is 0 Å². The Labute approximate surface area is 158 Å². The van der Waals surface area contributed by atoms with E-state index in [-0.39, 0.29) is 0 Å². The zero-order valence-electron chi connectivity index (χ0n) is 14.6. The molecule has 2 aromatic heterocycles. The van der Waals surface area contributed by atoms with Gasteiger partial charge in [0.15, 0.2) is 5.11 Å². The minimum atomic E-state index is 0.557. The lowest BCUT2D eigenvalue weighted by Gasteiger charge is -2.26. The minimum absolute atomic E-state index is 0.557. The predicted octanol–water partition coefficient (Wildman–Crippen LogP) is 3.76. The lowest BCUT2D eigenvalue weighted by Crippen LogP contribution is -2.38. The molecule has 0 aliphatic rings. The molecule has 3 aromatic rings. The van der Waals surface area contributed by atoms with Crippen LogP contribution in [0.1, 0.15) is 16.9 Å². The number of ether oxygens (including phenoxy) is 1. The maximum atomic E-state index is 5.63. The summed E-state index contributed by atoms with van der Waals surface area (Å²) in [5, 5.41) is 3.95. The van der Waals surface area contributed by atoms with Crippen molar-refractivity contribution in [1.82, 2.24) is 15.2 Å². The van der Waals surface area contributed by atoms with Crippen LogP contribution in [0.5, 0.6) is 5.75 Å². The number of methoxy groups -OCH3 is 1. The SMILES string of the molecule is COc1ccc(CN(Cc2ccncc2)C(=S)NCc2ccco2)cc1. The Kier molecular flexibility index (Phi) is 6.22. The molecule has 0 aliphatic carbocycles. The molecule has 26 heavy (non-hydrogen) atoms. The molecule has 1 N–H and O–H groups in total. The highest BCUT2D eigenvalue weighted by molar-refractivity contribution is 7.80. The normalized spacial score (nSPS) is 10.3. The molecule has 0 atom stereocenters. The highest BCUT2D eigenvalue weighted by Gasteiger charge is 2.12. The van der Waals surface area contributed by atoms with E-state index in [9.17, 15) is 0 Å². The van der Waals surface area contributed by atoms with Crippen molar-refractivity contribution in [3.05, 3.63) is 84.1 Å². The highest BCUT2D eigenvalue weighted by Crippen LogP contribution is 2.15. The summed E-state index contributed by atoms with van der Waals surface area (Å²) in [6.07, 6.45) is 5.24. The summed E-state index contributed by atoms with van der Waals surface area (Å²) in [7, 11) is 1.67. The Morgan fingerprint density at radius 3 is 2.38 bits per heavy atom. The number of nitrogens with one attached hydrogen (secondary N) is 1. The molecular formula is C20H21N3O2S. The summed E-state index contributed by atoms with van der Waals surface area (Å²) in [6.45, 7) is 1.94. The van der Waals surface area contributed by atoms with Crippen LogP contribution in [0.15, 0.2) is 71.6 Å². The van der Waals surface area contributed by atoms with E-state index in [1.54, 1.807) is 25.8 Å². The first kappa shape index (κ1) is 17.9. The zero-order valence-corrected chi connectivity index (χ0v) is 15.4. The average Bonchev–Trinajstić information content (AvgIpc) is 3.20. The Morgan fingerprint density at radius 2 is 1.77 bits per heavy atom. The molecule has 0 spiro atoms. The standard InChI is InChI=1S/C20H21N3O2S/c1-24-18-6-4-16(5-7-18)14-23(15-17-8-10-21-11-9-17)20(26)22-13-19-3-2-12-25-19/h2-12H,13-15H2,1H3,(H,22,26). The molecule has 0 aliphatic heterocycles. The Hall–Kier alpha value is -2.86.